The first kappa shape index (κ1) is 13.1. The summed E-state index contributed by atoms with van der Waals surface area (Å²) in [4.78, 5) is 15.9. The van der Waals surface area contributed by atoms with Crippen LogP contribution >= 0.6 is 0 Å². The molecule has 2 aromatic heterocycles. The lowest BCUT2D eigenvalue weighted by Gasteiger charge is -2.07. The number of carbonyl (C=O) groups is 1. The van der Waals surface area contributed by atoms with E-state index < -0.39 is 0 Å². The number of fused-ring (bicyclic) bond motifs is 1. The highest BCUT2D eigenvalue weighted by atomic mass is 19.1. The van der Waals surface area contributed by atoms with Gasteiger partial charge in [0.05, 0.1) is 5.69 Å². The average Bonchev–Trinajstić information content (AvgIpc) is 2.94. The van der Waals surface area contributed by atoms with E-state index in [0.717, 1.165) is 5.65 Å². The topological polar surface area (TPSA) is 55.6 Å². The summed E-state index contributed by atoms with van der Waals surface area (Å²) in [6, 6.07) is 9.06. The summed E-state index contributed by atoms with van der Waals surface area (Å²) in [5.41, 5.74) is 1.45. The molecule has 3 aromatic rings. The molecule has 21 heavy (non-hydrogen) atoms. The molecule has 0 aliphatic heterocycles. The smallest absolute Gasteiger partial charge is 0.262 e. The maximum absolute atomic E-state index is 12.7. The van der Waals surface area contributed by atoms with Gasteiger partial charge in [-0.1, -0.05) is 0 Å². The van der Waals surface area contributed by atoms with Gasteiger partial charge in [-0.25, -0.2) is 9.37 Å². The minimum Gasteiger partial charge on any atom is -0.484 e. The van der Waals surface area contributed by atoms with Crippen molar-refractivity contribution < 1.29 is 13.9 Å². The molecule has 0 atom stereocenters. The summed E-state index contributed by atoms with van der Waals surface area (Å²) in [6.07, 6.45) is 5.23. The van der Waals surface area contributed by atoms with E-state index in [1.165, 1.54) is 24.3 Å². The van der Waals surface area contributed by atoms with Crippen molar-refractivity contribution in [3.63, 3.8) is 0 Å². The Morgan fingerprint density at radius 1 is 1.24 bits per heavy atom. The van der Waals surface area contributed by atoms with Crippen LogP contribution < -0.4 is 10.1 Å². The summed E-state index contributed by atoms with van der Waals surface area (Å²) < 4.78 is 19.8. The number of amides is 1. The van der Waals surface area contributed by atoms with Gasteiger partial charge in [0.25, 0.3) is 5.91 Å². The summed E-state index contributed by atoms with van der Waals surface area (Å²) >= 11 is 0. The van der Waals surface area contributed by atoms with Crippen molar-refractivity contribution in [1.82, 2.24) is 9.38 Å². The third kappa shape index (κ3) is 3.17. The monoisotopic (exact) mass is 285 g/mol. The van der Waals surface area contributed by atoms with Crippen molar-refractivity contribution in [1.29, 1.82) is 0 Å². The van der Waals surface area contributed by atoms with E-state index in [1.807, 2.05) is 0 Å². The van der Waals surface area contributed by atoms with Crippen molar-refractivity contribution in [3.05, 3.63) is 60.8 Å². The SMILES string of the molecule is O=C(COc1ccc(F)cc1)Nc1ccc2nccn2c1. The van der Waals surface area contributed by atoms with Gasteiger partial charge in [-0.3, -0.25) is 4.79 Å². The summed E-state index contributed by atoms with van der Waals surface area (Å²) in [7, 11) is 0. The first-order valence-electron chi connectivity index (χ1n) is 6.32. The first-order valence-corrected chi connectivity index (χ1v) is 6.32. The van der Waals surface area contributed by atoms with Crippen LogP contribution in [0.25, 0.3) is 5.65 Å². The van der Waals surface area contributed by atoms with Crippen LogP contribution in [0.1, 0.15) is 0 Å². The molecule has 6 heteroatoms. The molecule has 0 saturated heterocycles. The van der Waals surface area contributed by atoms with Crippen LogP contribution in [0.2, 0.25) is 0 Å². The Balaban J connectivity index is 1.59. The van der Waals surface area contributed by atoms with Gasteiger partial charge in [-0.15, -0.1) is 0 Å². The number of nitrogens with one attached hydrogen (secondary N) is 1. The number of hydrogen-bond donors (Lipinski definition) is 1. The van der Waals surface area contributed by atoms with Gasteiger partial charge < -0.3 is 14.5 Å². The molecule has 0 aliphatic carbocycles. The molecule has 0 unspecified atom stereocenters. The molecule has 0 fully saturated rings. The number of carbonyl (C=O) groups excluding carboxylic acids is 1. The number of rotatable bonds is 4. The second-order valence-electron chi connectivity index (χ2n) is 4.40. The normalized spacial score (nSPS) is 10.5. The summed E-state index contributed by atoms with van der Waals surface area (Å²) in [6.45, 7) is -0.145. The Morgan fingerprint density at radius 3 is 2.86 bits per heavy atom. The van der Waals surface area contributed by atoms with Gasteiger partial charge in [0.1, 0.15) is 17.2 Å². The van der Waals surface area contributed by atoms with Crippen molar-refractivity contribution in [2.24, 2.45) is 0 Å². The zero-order chi connectivity index (χ0) is 14.7. The molecular formula is C15H12FN3O2. The largest absolute Gasteiger partial charge is 0.484 e. The van der Waals surface area contributed by atoms with Crippen molar-refractivity contribution in [2.45, 2.75) is 0 Å². The fourth-order valence-corrected chi connectivity index (χ4v) is 1.87. The minimum atomic E-state index is -0.347. The quantitative estimate of drug-likeness (QED) is 0.801. The number of anilines is 1. The van der Waals surface area contributed by atoms with Gasteiger partial charge in [-0.05, 0) is 36.4 Å². The van der Waals surface area contributed by atoms with Crippen molar-refractivity contribution in [2.75, 3.05) is 11.9 Å². The maximum atomic E-state index is 12.7. The Labute approximate surface area is 120 Å². The molecule has 2 heterocycles. The Kier molecular flexibility index (Phi) is 3.51. The Bertz CT molecular complexity index is 768. The predicted molar refractivity (Wildman–Crippen MR) is 75.7 cm³/mol. The molecular weight excluding hydrogens is 273 g/mol. The summed E-state index contributed by atoms with van der Waals surface area (Å²) in [5, 5.41) is 2.72. The summed E-state index contributed by atoms with van der Waals surface area (Å²) in [5.74, 6) is -0.198. The van der Waals surface area contributed by atoms with Crippen molar-refractivity contribution >= 4 is 17.2 Å². The molecule has 1 amide bonds. The molecule has 3 rings (SSSR count). The number of hydrogen-bond acceptors (Lipinski definition) is 3. The van der Waals surface area contributed by atoms with Crippen LogP contribution in [0.4, 0.5) is 10.1 Å². The van der Waals surface area contributed by atoms with Crippen LogP contribution in [-0.4, -0.2) is 21.9 Å². The van der Waals surface area contributed by atoms with Gasteiger partial charge in [-0.2, -0.15) is 0 Å². The molecule has 0 radical (unpaired) electrons. The maximum Gasteiger partial charge on any atom is 0.262 e. The molecule has 0 spiro atoms. The van der Waals surface area contributed by atoms with E-state index in [4.69, 9.17) is 4.74 Å². The molecule has 0 saturated carbocycles. The average molecular weight is 285 g/mol. The number of benzene rings is 1. The highest BCUT2D eigenvalue weighted by Crippen LogP contribution is 2.12. The predicted octanol–water partition coefficient (Wildman–Crippen LogP) is 2.49. The zero-order valence-corrected chi connectivity index (χ0v) is 11.0. The second-order valence-corrected chi connectivity index (χ2v) is 4.40. The molecule has 5 nitrogen and oxygen atoms in total. The van der Waals surface area contributed by atoms with Gasteiger partial charge in [0.15, 0.2) is 6.61 Å². The minimum absolute atomic E-state index is 0.145. The van der Waals surface area contributed by atoms with Crippen LogP contribution in [-0.2, 0) is 4.79 Å². The Hall–Kier alpha value is -2.89. The van der Waals surface area contributed by atoms with E-state index in [-0.39, 0.29) is 18.3 Å². The third-order valence-corrected chi connectivity index (χ3v) is 2.86. The number of aromatic nitrogens is 2. The fourth-order valence-electron chi connectivity index (χ4n) is 1.87. The second kappa shape index (κ2) is 5.62. The number of pyridine rings is 1. The molecule has 0 bridgehead atoms. The van der Waals surface area contributed by atoms with E-state index in [2.05, 4.69) is 10.3 Å². The first-order chi connectivity index (χ1) is 10.2. The number of nitrogens with zero attached hydrogens (tertiary/aromatic N) is 2. The van der Waals surface area contributed by atoms with E-state index in [9.17, 15) is 9.18 Å². The van der Waals surface area contributed by atoms with Gasteiger partial charge in [0, 0.05) is 18.6 Å². The molecule has 1 aromatic carbocycles. The van der Waals surface area contributed by atoms with Gasteiger partial charge >= 0.3 is 0 Å². The highest BCUT2D eigenvalue weighted by molar-refractivity contribution is 5.91. The molecule has 0 aliphatic rings. The molecule has 106 valence electrons. The van der Waals surface area contributed by atoms with Crippen molar-refractivity contribution in [3.8, 4) is 5.75 Å². The lowest BCUT2D eigenvalue weighted by Crippen LogP contribution is -2.20. The van der Waals surface area contributed by atoms with E-state index >= 15 is 0 Å². The van der Waals surface area contributed by atoms with E-state index in [1.54, 1.807) is 35.1 Å². The third-order valence-electron chi connectivity index (χ3n) is 2.86. The van der Waals surface area contributed by atoms with E-state index in [0.29, 0.717) is 11.4 Å². The number of ether oxygens (including phenoxy) is 1. The number of halogens is 1. The van der Waals surface area contributed by atoms with Crippen LogP contribution in [0.3, 0.4) is 0 Å². The number of imidazole rings is 1. The van der Waals surface area contributed by atoms with Crippen LogP contribution in [0.15, 0.2) is 55.0 Å². The lowest BCUT2D eigenvalue weighted by atomic mass is 10.3. The lowest BCUT2D eigenvalue weighted by molar-refractivity contribution is -0.118. The highest BCUT2D eigenvalue weighted by Gasteiger charge is 2.05. The standard InChI is InChI=1S/C15H12FN3O2/c16-11-1-4-13(5-2-11)21-10-15(20)18-12-3-6-14-17-7-8-19(14)9-12/h1-9H,10H2,(H,18,20). The van der Waals surface area contributed by atoms with Gasteiger partial charge in [0.2, 0.25) is 0 Å². The van der Waals surface area contributed by atoms with Crippen LogP contribution in [0.5, 0.6) is 5.75 Å². The molecule has 1 N–H and O–H groups in total. The fraction of sp³-hybridized carbons (Fsp3) is 0.0667. The Morgan fingerprint density at radius 2 is 2.05 bits per heavy atom. The zero-order valence-electron chi connectivity index (χ0n) is 11.0. The van der Waals surface area contributed by atoms with Crippen LogP contribution in [0, 0.1) is 5.82 Å².